The van der Waals surface area contributed by atoms with Crippen molar-refractivity contribution in [3.8, 4) is 23.0 Å². The molecule has 0 aliphatic heterocycles. The van der Waals surface area contributed by atoms with Crippen LogP contribution in [-0.4, -0.2) is 49.2 Å². The van der Waals surface area contributed by atoms with Crippen LogP contribution in [0.3, 0.4) is 0 Å². The summed E-state index contributed by atoms with van der Waals surface area (Å²) in [7, 11) is 4.22. The second-order valence-electron chi connectivity index (χ2n) is 9.21. The van der Waals surface area contributed by atoms with Crippen molar-refractivity contribution in [1.82, 2.24) is 4.98 Å². The van der Waals surface area contributed by atoms with Gasteiger partial charge in [-0.25, -0.2) is 8.78 Å². The fourth-order valence-corrected chi connectivity index (χ4v) is 4.70. The van der Waals surface area contributed by atoms with Crippen molar-refractivity contribution in [1.29, 1.82) is 0 Å². The van der Waals surface area contributed by atoms with Crippen molar-refractivity contribution < 1.29 is 42.1 Å². The van der Waals surface area contributed by atoms with E-state index in [-0.39, 0.29) is 51.1 Å². The van der Waals surface area contributed by atoms with E-state index in [1.165, 1.54) is 64.8 Å². The third-order valence-corrected chi connectivity index (χ3v) is 6.71. The van der Waals surface area contributed by atoms with Gasteiger partial charge in [0, 0.05) is 36.2 Å². The molecule has 0 amide bonds. The van der Waals surface area contributed by atoms with E-state index in [2.05, 4.69) is 4.98 Å². The molecule has 11 heteroatoms. The Morgan fingerprint density at radius 1 is 0.902 bits per heavy atom. The summed E-state index contributed by atoms with van der Waals surface area (Å²) in [5, 5.41) is 0. The van der Waals surface area contributed by atoms with Gasteiger partial charge >= 0.3 is 11.9 Å². The lowest BCUT2D eigenvalue weighted by molar-refractivity contribution is -0.153. The van der Waals surface area contributed by atoms with Crippen LogP contribution >= 0.6 is 12.2 Å². The molecule has 41 heavy (non-hydrogen) atoms. The van der Waals surface area contributed by atoms with E-state index in [0.717, 1.165) is 0 Å². The number of rotatable bonds is 12. The first kappa shape index (κ1) is 31.4. The number of carbonyl (C=O) groups excluding carboxylic acids is 2. The van der Waals surface area contributed by atoms with Crippen molar-refractivity contribution in [3.63, 3.8) is 0 Å². The zero-order valence-electron chi connectivity index (χ0n) is 23.5. The van der Waals surface area contributed by atoms with Gasteiger partial charge in [-0.05, 0) is 36.6 Å². The van der Waals surface area contributed by atoms with Gasteiger partial charge in [0.15, 0.2) is 11.5 Å². The van der Waals surface area contributed by atoms with E-state index >= 15 is 8.78 Å². The Morgan fingerprint density at radius 3 is 1.93 bits per heavy atom. The number of aromatic nitrogens is 1. The summed E-state index contributed by atoms with van der Waals surface area (Å²) in [5.74, 6) is -3.44. The Morgan fingerprint density at radius 2 is 1.46 bits per heavy atom. The molecule has 0 spiro atoms. The number of carbonyl (C=O) groups is 2. The van der Waals surface area contributed by atoms with Gasteiger partial charge < -0.3 is 23.7 Å². The number of thiocarbonyl (C=S) groups is 1. The molecule has 0 fully saturated rings. The molecule has 218 valence electrons. The summed E-state index contributed by atoms with van der Waals surface area (Å²) in [6, 6.07) is 9.91. The van der Waals surface area contributed by atoms with Gasteiger partial charge in [0.25, 0.3) is 0 Å². The molecule has 2 aromatic carbocycles. The highest BCUT2D eigenvalue weighted by Crippen LogP contribution is 2.36. The van der Waals surface area contributed by atoms with E-state index in [4.69, 9.17) is 35.9 Å². The largest absolute Gasteiger partial charge is 0.497 e. The minimum atomic E-state index is -0.995. The first-order valence-corrected chi connectivity index (χ1v) is 13.0. The number of ether oxygens (including phenoxy) is 5. The maximum absolute atomic E-state index is 15.2. The molecule has 1 aromatic heterocycles. The Hall–Kier alpha value is -4.12. The quantitative estimate of drug-likeness (QED) is 0.148. The van der Waals surface area contributed by atoms with Crippen LogP contribution in [0.4, 0.5) is 8.78 Å². The van der Waals surface area contributed by atoms with Gasteiger partial charge in [-0.3, -0.25) is 14.6 Å². The second-order valence-corrected chi connectivity index (χ2v) is 9.70. The number of methoxy groups -OCH3 is 3. The van der Waals surface area contributed by atoms with Crippen LogP contribution in [0.15, 0.2) is 48.7 Å². The molecule has 0 saturated heterocycles. The maximum Gasteiger partial charge on any atom is 0.309 e. The molecule has 1 heterocycles. The minimum Gasteiger partial charge on any atom is -0.497 e. The molecule has 0 saturated carbocycles. The van der Waals surface area contributed by atoms with Gasteiger partial charge in [0.2, 0.25) is 0 Å². The third kappa shape index (κ3) is 7.55. The molecule has 3 rings (SSSR count). The zero-order chi connectivity index (χ0) is 30.3. The smallest absolute Gasteiger partial charge is 0.309 e. The van der Waals surface area contributed by atoms with E-state index in [1.54, 1.807) is 26.0 Å². The molecule has 8 nitrogen and oxygen atoms in total. The summed E-state index contributed by atoms with van der Waals surface area (Å²) in [4.78, 5) is 29.3. The van der Waals surface area contributed by atoms with Crippen molar-refractivity contribution in [3.05, 3.63) is 77.1 Å². The van der Waals surface area contributed by atoms with Crippen molar-refractivity contribution in [2.75, 3.05) is 21.3 Å². The highest BCUT2D eigenvalue weighted by molar-refractivity contribution is 7.80. The lowest BCUT2D eigenvalue weighted by atomic mass is 9.86. The fraction of sp³-hybridized carbons (Fsp3) is 0.333. The number of hydrogen-bond acceptors (Lipinski definition) is 9. The predicted molar refractivity (Wildman–Crippen MR) is 151 cm³/mol. The van der Waals surface area contributed by atoms with Gasteiger partial charge in [0.05, 0.1) is 33.2 Å². The van der Waals surface area contributed by atoms with Gasteiger partial charge in [-0.1, -0.05) is 31.3 Å². The second kappa shape index (κ2) is 14.0. The monoisotopic (exact) mass is 587 g/mol. The lowest BCUT2D eigenvalue weighted by Gasteiger charge is -2.27. The lowest BCUT2D eigenvalue weighted by Crippen LogP contribution is -2.28. The molecule has 0 radical (unpaired) electrons. The van der Waals surface area contributed by atoms with Crippen LogP contribution in [0.5, 0.6) is 23.0 Å². The Kier molecular flexibility index (Phi) is 10.7. The number of hydrogen-bond donors (Lipinski definition) is 0. The average Bonchev–Trinajstić information content (AvgIpc) is 2.94. The van der Waals surface area contributed by atoms with E-state index in [1.807, 2.05) is 0 Å². The number of benzene rings is 2. The number of nitrogens with zero attached hydrogens (tertiary/aromatic N) is 1. The number of pyridine rings is 1. The van der Waals surface area contributed by atoms with Crippen LogP contribution in [0.1, 0.15) is 49.9 Å². The van der Waals surface area contributed by atoms with Gasteiger partial charge in [0.1, 0.15) is 34.9 Å². The van der Waals surface area contributed by atoms with Crippen molar-refractivity contribution in [2.24, 2.45) is 5.92 Å². The van der Waals surface area contributed by atoms with Gasteiger partial charge in [-0.15, -0.1) is 0 Å². The van der Waals surface area contributed by atoms with Crippen molar-refractivity contribution >= 4 is 29.0 Å². The summed E-state index contributed by atoms with van der Waals surface area (Å²) in [5.41, 5.74) is 0.413. The molecule has 0 N–H and O–H groups in total. The molecule has 2 atom stereocenters. The SMILES string of the molecule is COc1ccc(C(c2ccc(OC)cc2F)[C@H](C)OC(=O)[C@H](C)CC(=S)c2nccc(OC)c2OC(C)=O)c(F)c1. The topological polar surface area (TPSA) is 93.2 Å². The van der Waals surface area contributed by atoms with Crippen LogP contribution in [0.25, 0.3) is 0 Å². The number of esters is 2. The third-order valence-electron chi connectivity index (χ3n) is 6.35. The molecule has 3 aromatic rings. The van der Waals surface area contributed by atoms with Crippen LogP contribution in [0, 0.1) is 17.6 Å². The molecule has 0 aliphatic rings. The summed E-state index contributed by atoms with van der Waals surface area (Å²) < 4.78 is 56.9. The molecule has 0 unspecified atom stereocenters. The van der Waals surface area contributed by atoms with E-state index < -0.39 is 41.5 Å². The standard InChI is InChI=1S/C30H31F2NO7S/c1-16(13-26(41)28-29(40-18(3)34)25(38-6)11-12-33-28)30(35)39-17(2)27(21-9-7-19(36-4)14-23(21)31)22-10-8-20(37-5)15-24(22)32/h7-12,14-17,27H,13H2,1-6H3/t16-,17+/m1/s1. The zero-order valence-corrected chi connectivity index (χ0v) is 24.3. The number of halogens is 2. The highest BCUT2D eigenvalue weighted by atomic mass is 32.1. The summed E-state index contributed by atoms with van der Waals surface area (Å²) in [6.45, 7) is 4.39. The Labute approximate surface area is 242 Å². The summed E-state index contributed by atoms with van der Waals surface area (Å²) >= 11 is 5.52. The molecular formula is C30H31F2NO7S. The highest BCUT2D eigenvalue weighted by Gasteiger charge is 2.32. The maximum atomic E-state index is 15.2. The Bertz CT molecular complexity index is 1380. The first-order chi connectivity index (χ1) is 19.5. The molecular weight excluding hydrogens is 556 g/mol. The van der Waals surface area contributed by atoms with Crippen molar-refractivity contribution in [2.45, 2.75) is 39.2 Å². The first-order valence-electron chi connectivity index (χ1n) is 12.6. The molecule has 0 aliphatic carbocycles. The minimum absolute atomic E-state index is 0.0216. The van der Waals surface area contributed by atoms with Crippen LogP contribution < -0.4 is 18.9 Å². The van der Waals surface area contributed by atoms with E-state index in [0.29, 0.717) is 0 Å². The van der Waals surface area contributed by atoms with Gasteiger partial charge in [-0.2, -0.15) is 0 Å². The summed E-state index contributed by atoms with van der Waals surface area (Å²) in [6.07, 6.45) is 0.472. The normalized spacial score (nSPS) is 12.3. The predicted octanol–water partition coefficient (Wildman–Crippen LogP) is 5.82. The van der Waals surface area contributed by atoms with E-state index in [9.17, 15) is 9.59 Å². The Balaban J connectivity index is 1.87. The fourth-order valence-electron chi connectivity index (χ4n) is 4.31. The van der Waals surface area contributed by atoms with Crippen LogP contribution in [-0.2, 0) is 14.3 Å². The molecule has 0 bridgehead atoms. The van der Waals surface area contributed by atoms with Crippen LogP contribution in [0.2, 0.25) is 0 Å². The average molecular weight is 588 g/mol.